The summed E-state index contributed by atoms with van der Waals surface area (Å²) in [7, 11) is 0. The number of thioether (sulfide) groups is 1. The molecule has 0 saturated carbocycles. The molecule has 10 heteroatoms. The van der Waals surface area contributed by atoms with Crippen molar-refractivity contribution in [3.8, 4) is 5.69 Å². The Morgan fingerprint density at radius 1 is 1.14 bits per heavy atom. The molecule has 28 heavy (non-hydrogen) atoms. The third-order valence-corrected chi connectivity index (χ3v) is 5.79. The maximum atomic E-state index is 12.6. The molecule has 140 valence electrons. The molecular weight excluding hydrogens is 512 g/mol. The molecule has 7 nitrogen and oxygen atoms in total. The third-order valence-electron chi connectivity index (χ3n) is 3.83. The highest BCUT2D eigenvalue weighted by Crippen LogP contribution is 2.28. The normalized spacial score (nSPS) is 11.1. The number of tetrazole rings is 1. The van der Waals surface area contributed by atoms with Gasteiger partial charge in [-0.3, -0.25) is 4.79 Å². The van der Waals surface area contributed by atoms with E-state index >= 15 is 0 Å². The van der Waals surface area contributed by atoms with Gasteiger partial charge in [0.1, 0.15) is 5.56 Å². The maximum Gasteiger partial charge on any atom is 0.347 e. The van der Waals surface area contributed by atoms with Crippen molar-refractivity contribution in [3.63, 3.8) is 0 Å². The van der Waals surface area contributed by atoms with Gasteiger partial charge in [0, 0.05) is 9.86 Å². The number of Topliss-reactive ketones (excluding diaryl/α,β-unsaturated/α-hetero) is 1. The van der Waals surface area contributed by atoms with Gasteiger partial charge in [0.2, 0.25) is 5.16 Å². The van der Waals surface area contributed by atoms with Gasteiger partial charge in [0.05, 0.1) is 15.9 Å². The summed E-state index contributed by atoms with van der Waals surface area (Å²) in [6.45, 7) is 0. The van der Waals surface area contributed by atoms with Crippen molar-refractivity contribution >= 4 is 60.4 Å². The van der Waals surface area contributed by atoms with Crippen LogP contribution >= 0.6 is 43.6 Å². The summed E-state index contributed by atoms with van der Waals surface area (Å²) in [5.74, 6) is -0.363. The van der Waals surface area contributed by atoms with E-state index in [4.69, 9.17) is 4.42 Å². The lowest BCUT2D eigenvalue weighted by Crippen LogP contribution is -2.16. The highest BCUT2D eigenvalue weighted by Gasteiger charge is 2.18. The van der Waals surface area contributed by atoms with Crippen LogP contribution in [0.15, 0.2) is 71.8 Å². The third kappa shape index (κ3) is 3.80. The first-order valence-electron chi connectivity index (χ1n) is 7.95. The van der Waals surface area contributed by atoms with Crippen LogP contribution in [0.3, 0.4) is 0 Å². The lowest BCUT2D eigenvalue weighted by molar-refractivity contribution is 0.101. The lowest BCUT2D eigenvalue weighted by Gasteiger charge is -2.05. The molecule has 2 aromatic heterocycles. The molecule has 0 radical (unpaired) electrons. The molecule has 0 N–H and O–H groups in total. The van der Waals surface area contributed by atoms with E-state index < -0.39 is 5.63 Å². The van der Waals surface area contributed by atoms with Gasteiger partial charge < -0.3 is 4.42 Å². The van der Waals surface area contributed by atoms with Crippen LogP contribution < -0.4 is 5.63 Å². The average molecular weight is 522 g/mol. The SMILES string of the molecule is O=C(CSc1nnnn1-c1ccccc1)c1cc2cc(Br)cc(Br)c2oc1=O. The highest BCUT2D eigenvalue weighted by molar-refractivity contribution is 9.11. The molecule has 0 spiro atoms. The zero-order valence-corrected chi connectivity index (χ0v) is 18.0. The molecule has 2 heterocycles. The Kier molecular flexibility index (Phi) is 5.42. The minimum absolute atomic E-state index is 0.00134. The Labute approximate surface area is 179 Å². The average Bonchev–Trinajstić information content (AvgIpc) is 3.15. The Hall–Kier alpha value is -2.30. The minimum Gasteiger partial charge on any atom is -0.421 e. The fourth-order valence-corrected chi connectivity index (χ4v) is 4.67. The molecule has 0 saturated heterocycles. The second kappa shape index (κ2) is 7.98. The number of hydrogen-bond acceptors (Lipinski definition) is 7. The molecule has 4 aromatic rings. The zero-order valence-electron chi connectivity index (χ0n) is 14.0. The van der Waals surface area contributed by atoms with Gasteiger partial charge in [-0.15, -0.1) is 5.10 Å². The summed E-state index contributed by atoms with van der Waals surface area (Å²) in [6, 6.07) is 14.4. The number of benzene rings is 2. The molecule has 0 aliphatic carbocycles. The monoisotopic (exact) mass is 520 g/mol. The molecule has 0 amide bonds. The highest BCUT2D eigenvalue weighted by atomic mass is 79.9. The summed E-state index contributed by atoms with van der Waals surface area (Å²) in [4.78, 5) is 24.9. The van der Waals surface area contributed by atoms with Crippen LogP contribution in [0.1, 0.15) is 10.4 Å². The van der Waals surface area contributed by atoms with Gasteiger partial charge in [0.15, 0.2) is 11.4 Å². The van der Waals surface area contributed by atoms with Gasteiger partial charge >= 0.3 is 5.63 Å². The van der Waals surface area contributed by atoms with E-state index in [1.807, 2.05) is 30.3 Å². The van der Waals surface area contributed by atoms with Crippen LogP contribution in [0.25, 0.3) is 16.7 Å². The standard InChI is InChI=1S/C18H10Br2N4O3S/c19-11-6-10-7-13(17(26)27-16(10)14(20)8-11)15(25)9-28-18-21-22-23-24(18)12-4-2-1-3-5-12/h1-8H,9H2. The topological polar surface area (TPSA) is 90.9 Å². The Balaban J connectivity index is 1.59. The van der Waals surface area contributed by atoms with Crippen LogP contribution in [0.2, 0.25) is 0 Å². The van der Waals surface area contributed by atoms with Gasteiger partial charge in [-0.2, -0.15) is 4.68 Å². The van der Waals surface area contributed by atoms with Gasteiger partial charge in [-0.25, -0.2) is 4.79 Å². The van der Waals surface area contributed by atoms with Crippen molar-refractivity contribution in [1.29, 1.82) is 0 Å². The molecule has 0 atom stereocenters. The largest absolute Gasteiger partial charge is 0.421 e. The molecule has 0 aliphatic rings. The predicted octanol–water partition coefficient (Wildman–Crippen LogP) is 4.27. The number of rotatable bonds is 5. The molecule has 2 aromatic carbocycles. The number of para-hydroxylation sites is 1. The second-order valence-corrected chi connectivity index (χ2v) is 8.39. The minimum atomic E-state index is -0.677. The Bertz CT molecular complexity index is 1240. The van der Waals surface area contributed by atoms with Crippen molar-refractivity contribution in [2.75, 3.05) is 5.75 Å². The number of ketones is 1. The first-order valence-corrected chi connectivity index (χ1v) is 10.5. The second-order valence-electron chi connectivity index (χ2n) is 5.67. The smallest absolute Gasteiger partial charge is 0.347 e. The summed E-state index contributed by atoms with van der Waals surface area (Å²) >= 11 is 7.89. The van der Waals surface area contributed by atoms with Crippen molar-refractivity contribution in [1.82, 2.24) is 20.2 Å². The number of fused-ring (bicyclic) bond motifs is 1. The van der Waals surface area contributed by atoms with Crippen LogP contribution in [0.5, 0.6) is 0 Å². The molecular formula is C18H10Br2N4O3S. The number of carbonyl (C=O) groups excluding carboxylic acids is 1. The summed E-state index contributed by atoms with van der Waals surface area (Å²) in [6.07, 6.45) is 0. The molecule has 0 bridgehead atoms. The van der Waals surface area contributed by atoms with E-state index in [0.717, 1.165) is 21.9 Å². The van der Waals surface area contributed by atoms with E-state index in [1.54, 1.807) is 18.2 Å². The number of hydrogen-bond donors (Lipinski definition) is 0. The lowest BCUT2D eigenvalue weighted by atomic mass is 10.1. The van der Waals surface area contributed by atoms with Crippen molar-refractivity contribution in [2.24, 2.45) is 0 Å². The van der Waals surface area contributed by atoms with Crippen molar-refractivity contribution < 1.29 is 9.21 Å². The van der Waals surface area contributed by atoms with Crippen molar-refractivity contribution in [3.05, 3.63) is 73.5 Å². The van der Waals surface area contributed by atoms with E-state index in [-0.39, 0.29) is 17.1 Å². The van der Waals surface area contributed by atoms with Gasteiger partial charge in [-0.05, 0) is 56.7 Å². The maximum absolute atomic E-state index is 12.6. The summed E-state index contributed by atoms with van der Waals surface area (Å²) < 4.78 is 8.30. The van der Waals surface area contributed by atoms with E-state index in [9.17, 15) is 9.59 Å². The van der Waals surface area contributed by atoms with E-state index in [2.05, 4.69) is 47.4 Å². The quantitative estimate of drug-likeness (QED) is 0.220. The number of carbonyl (C=O) groups is 1. The van der Waals surface area contributed by atoms with Crippen molar-refractivity contribution in [2.45, 2.75) is 5.16 Å². The summed E-state index contributed by atoms with van der Waals surface area (Å²) in [5, 5.41) is 12.7. The fraction of sp³-hybridized carbons (Fsp3) is 0.0556. The predicted molar refractivity (Wildman–Crippen MR) is 112 cm³/mol. The number of aromatic nitrogens is 4. The van der Waals surface area contributed by atoms with Crippen LogP contribution in [0.4, 0.5) is 0 Å². The molecule has 4 rings (SSSR count). The Morgan fingerprint density at radius 2 is 1.93 bits per heavy atom. The van der Waals surface area contributed by atoms with Gasteiger partial charge in [-0.1, -0.05) is 45.9 Å². The number of nitrogens with zero attached hydrogens (tertiary/aromatic N) is 4. The molecule has 0 unspecified atom stereocenters. The molecule has 0 fully saturated rings. The van der Waals surface area contributed by atoms with Crippen LogP contribution in [-0.2, 0) is 0 Å². The summed E-state index contributed by atoms with van der Waals surface area (Å²) in [5.41, 5.74) is 0.486. The van der Waals surface area contributed by atoms with Crippen LogP contribution in [-0.4, -0.2) is 31.7 Å². The van der Waals surface area contributed by atoms with E-state index in [0.29, 0.717) is 20.6 Å². The van der Waals surface area contributed by atoms with Crippen LogP contribution in [0, 0.1) is 0 Å². The zero-order chi connectivity index (χ0) is 19.7. The first-order chi connectivity index (χ1) is 13.5. The Morgan fingerprint density at radius 3 is 2.71 bits per heavy atom. The molecule has 0 aliphatic heterocycles. The fourth-order valence-electron chi connectivity index (χ4n) is 2.56. The van der Waals surface area contributed by atoms with Gasteiger partial charge in [0.25, 0.3) is 0 Å². The van der Waals surface area contributed by atoms with E-state index in [1.165, 1.54) is 4.68 Å². The number of halogens is 2. The first kappa shape index (κ1) is 19.0.